The van der Waals surface area contributed by atoms with E-state index in [-0.39, 0.29) is 27.8 Å². The van der Waals surface area contributed by atoms with Gasteiger partial charge in [-0.2, -0.15) is 0 Å². The Morgan fingerprint density at radius 1 is 1.19 bits per heavy atom. The Kier molecular flexibility index (Phi) is 9.66. The fourth-order valence-electron chi connectivity index (χ4n) is 4.01. The van der Waals surface area contributed by atoms with Crippen LogP contribution >= 0.6 is 11.3 Å². The van der Waals surface area contributed by atoms with E-state index in [2.05, 4.69) is 60.2 Å². The summed E-state index contributed by atoms with van der Waals surface area (Å²) in [7, 11) is 5.65. The molecule has 0 radical (unpaired) electrons. The summed E-state index contributed by atoms with van der Waals surface area (Å²) in [4.78, 5) is 22.1. The summed E-state index contributed by atoms with van der Waals surface area (Å²) in [6.45, 7) is 6.33. The minimum Gasteiger partial charge on any atom is -0.494 e. The Balaban J connectivity index is 0.00000115. The fraction of sp³-hybridized carbons (Fsp3) is 0.407. The van der Waals surface area contributed by atoms with Crippen molar-refractivity contribution < 1.29 is 13.9 Å². The number of piperidine rings is 1. The number of carbonyl (C=O) groups excluding carboxylic acids is 1. The molecule has 36 heavy (non-hydrogen) atoms. The van der Waals surface area contributed by atoms with Crippen LogP contribution in [0.15, 0.2) is 42.5 Å². The number of ether oxygens (including phenoxy) is 1. The second-order valence-electron chi connectivity index (χ2n) is 8.97. The highest BCUT2D eigenvalue weighted by atomic mass is 32.1. The number of anilines is 4. The van der Waals surface area contributed by atoms with Gasteiger partial charge in [0.2, 0.25) is 5.78 Å². The van der Waals surface area contributed by atoms with Crippen molar-refractivity contribution in [1.29, 1.82) is 0 Å². The lowest BCUT2D eigenvalue weighted by atomic mass is 10.0. The molecule has 7 nitrogen and oxygen atoms in total. The zero-order chi connectivity index (χ0) is 26.2. The van der Waals surface area contributed by atoms with Crippen LogP contribution in [0.3, 0.4) is 0 Å². The predicted octanol–water partition coefficient (Wildman–Crippen LogP) is 5.79. The van der Waals surface area contributed by atoms with E-state index in [1.807, 2.05) is 12.1 Å². The molecule has 0 bridgehead atoms. The Hall–Kier alpha value is -3.17. The van der Waals surface area contributed by atoms with Gasteiger partial charge in [0.25, 0.3) is 0 Å². The standard InChI is InChI=1S/C24H28FN5O2S.C3H8/c1-29(2)17-10-12-30(13-11-17)18-7-5-16(6-8-18)27-24-28-23(26)22(33-24)21(31)15-4-9-20(32-3)19(25)14-15;1-3-2/h4-9,14,17H,10-13,26H2,1-3H3,(H,27,28);3H2,1-2H3. The maximum atomic E-state index is 14.0. The van der Waals surface area contributed by atoms with Crippen molar-refractivity contribution in [3.8, 4) is 5.75 Å². The van der Waals surface area contributed by atoms with Crippen LogP contribution < -0.4 is 20.7 Å². The Morgan fingerprint density at radius 2 is 1.83 bits per heavy atom. The predicted molar refractivity (Wildman–Crippen MR) is 148 cm³/mol. The minimum absolute atomic E-state index is 0.0803. The monoisotopic (exact) mass is 513 g/mol. The number of hydrogen-bond donors (Lipinski definition) is 2. The molecule has 194 valence electrons. The number of ketones is 1. The molecule has 1 saturated heterocycles. The molecule has 0 aliphatic carbocycles. The van der Waals surface area contributed by atoms with Crippen molar-refractivity contribution in [3.63, 3.8) is 0 Å². The zero-order valence-corrected chi connectivity index (χ0v) is 22.5. The average molecular weight is 514 g/mol. The van der Waals surface area contributed by atoms with Crippen molar-refractivity contribution in [3.05, 3.63) is 58.7 Å². The molecular formula is C27H36FN5O2S. The molecule has 0 amide bonds. The second-order valence-corrected chi connectivity index (χ2v) is 9.97. The average Bonchev–Trinajstić information content (AvgIpc) is 3.24. The third kappa shape index (κ3) is 6.73. The van der Waals surface area contributed by atoms with Crippen LogP contribution in [0.25, 0.3) is 0 Å². The number of hydrogen-bond acceptors (Lipinski definition) is 8. The van der Waals surface area contributed by atoms with E-state index in [9.17, 15) is 9.18 Å². The third-order valence-corrected chi connectivity index (χ3v) is 6.94. The SMILES string of the molecule is CCC.COc1ccc(C(=O)c2sc(Nc3ccc(N4CCC(N(C)C)CC4)cc3)nc2N)cc1F. The summed E-state index contributed by atoms with van der Waals surface area (Å²) in [5, 5.41) is 3.71. The Morgan fingerprint density at radius 3 is 2.39 bits per heavy atom. The first-order chi connectivity index (χ1) is 17.3. The van der Waals surface area contributed by atoms with Crippen LogP contribution in [0.5, 0.6) is 5.75 Å². The molecule has 3 N–H and O–H groups in total. The van der Waals surface area contributed by atoms with Crippen LogP contribution in [0.2, 0.25) is 0 Å². The maximum absolute atomic E-state index is 14.0. The van der Waals surface area contributed by atoms with E-state index in [0.717, 1.165) is 49.0 Å². The molecule has 0 spiro atoms. The number of halogens is 1. The number of nitrogen functional groups attached to an aromatic ring is 1. The summed E-state index contributed by atoms with van der Waals surface area (Å²) < 4.78 is 18.9. The van der Waals surface area contributed by atoms with Crippen LogP contribution in [0, 0.1) is 5.82 Å². The summed E-state index contributed by atoms with van der Waals surface area (Å²) in [6, 6.07) is 12.9. The number of aromatic nitrogens is 1. The normalized spacial score (nSPS) is 13.8. The molecule has 0 unspecified atom stereocenters. The molecule has 9 heteroatoms. The van der Waals surface area contributed by atoms with Gasteiger partial charge < -0.3 is 25.6 Å². The molecule has 1 fully saturated rings. The number of thiazole rings is 1. The van der Waals surface area contributed by atoms with Crippen molar-refractivity contribution in [2.45, 2.75) is 39.2 Å². The first kappa shape index (κ1) is 27.4. The van der Waals surface area contributed by atoms with Gasteiger partial charge in [0.05, 0.1) is 7.11 Å². The minimum atomic E-state index is -0.601. The van der Waals surface area contributed by atoms with Gasteiger partial charge in [-0.3, -0.25) is 4.79 Å². The largest absolute Gasteiger partial charge is 0.494 e. The molecule has 0 atom stereocenters. The van der Waals surface area contributed by atoms with Crippen molar-refractivity contribution >= 4 is 39.4 Å². The number of rotatable bonds is 7. The summed E-state index contributed by atoms with van der Waals surface area (Å²) >= 11 is 1.14. The highest BCUT2D eigenvalue weighted by Gasteiger charge is 2.21. The smallest absolute Gasteiger partial charge is 0.206 e. The zero-order valence-electron chi connectivity index (χ0n) is 21.7. The van der Waals surface area contributed by atoms with Gasteiger partial charge >= 0.3 is 0 Å². The van der Waals surface area contributed by atoms with E-state index in [1.165, 1.54) is 31.4 Å². The molecule has 2 aromatic carbocycles. The summed E-state index contributed by atoms with van der Waals surface area (Å²) in [5.74, 6) is -0.785. The van der Waals surface area contributed by atoms with Gasteiger partial charge in [-0.25, -0.2) is 9.37 Å². The first-order valence-corrected chi connectivity index (χ1v) is 13.0. The van der Waals surface area contributed by atoms with Crippen molar-refractivity contribution in [1.82, 2.24) is 9.88 Å². The van der Waals surface area contributed by atoms with Gasteiger partial charge in [0.1, 0.15) is 10.7 Å². The van der Waals surface area contributed by atoms with E-state index in [0.29, 0.717) is 11.2 Å². The Labute approximate surface area is 217 Å². The van der Waals surface area contributed by atoms with Crippen LogP contribution in [-0.2, 0) is 0 Å². The third-order valence-electron chi connectivity index (χ3n) is 5.95. The first-order valence-electron chi connectivity index (χ1n) is 12.2. The van der Waals surface area contributed by atoms with E-state index in [1.54, 1.807) is 0 Å². The number of nitrogens with two attached hydrogens (primary N) is 1. The quantitative estimate of drug-likeness (QED) is 0.387. The van der Waals surface area contributed by atoms with Crippen LogP contribution in [0.4, 0.5) is 26.7 Å². The lowest BCUT2D eigenvalue weighted by molar-refractivity contribution is 0.104. The lowest BCUT2D eigenvalue weighted by Gasteiger charge is -2.36. The molecule has 3 aromatic rings. The topological polar surface area (TPSA) is 83.7 Å². The van der Waals surface area contributed by atoms with Crippen LogP contribution in [-0.4, -0.2) is 56.0 Å². The molecule has 0 saturated carbocycles. The van der Waals surface area contributed by atoms with Crippen molar-refractivity contribution in [2.24, 2.45) is 0 Å². The molecule has 1 aliphatic rings. The van der Waals surface area contributed by atoms with Gasteiger partial charge in [0.15, 0.2) is 16.7 Å². The molecule has 1 aromatic heterocycles. The number of carbonyl (C=O) groups is 1. The number of nitrogens with one attached hydrogen (secondary N) is 1. The fourth-order valence-corrected chi connectivity index (χ4v) is 4.87. The molecule has 1 aliphatic heterocycles. The van der Waals surface area contributed by atoms with E-state index in [4.69, 9.17) is 10.5 Å². The van der Waals surface area contributed by atoms with Gasteiger partial charge in [-0.1, -0.05) is 31.6 Å². The molecular weight excluding hydrogens is 477 g/mol. The van der Waals surface area contributed by atoms with Crippen LogP contribution in [0.1, 0.15) is 48.3 Å². The molecule has 2 heterocycles. The van der Waals surface area contributed by atoms with Crippen molar-refractivity contribution in [2.75, 3.05) is 50.2 Å². The number of benzene rings is 2. The number of methoxy groups -OCH3 is 1. The van der Waals surface area contributed by atoms with Gasteiger partial charge in [0, 0.05) is 36.1 Å². The lowest BCUT2D eigenvalue weighted by Crippen LogP contribution is -2.41. The maximum Gasteiger partial charge on any atom is 0.206 e. The van der Waals surface area contributed by atoms with Gasteiger partial charge in [-0.15, -0.1) is 0 Å². The van der Waals surface area contributed by atoms with E-state index >= 15 is 0 Å². The number of nitrogens with zero attached hydrogens (tertiary/aromatic N) is 3. The summed E-state index contributed by atoms with van der Waals surface area (Å²) in [5.41, 5.74) is 8.22. The molecule has 4 rings (SSSR count). The Bertz CT molecular complexity index is 1140. The van der Waals surface area contributed by atoms with Gasteiger partial charge in [-0.05, 0) is 69.4 Å². The second kappa shape index (κ2) is 12.7. The highest BCUT2D eigenvalue weighted by molar-refractivity contribution is 7.18. The summed E-state index contributed by atoms with van der Waals surface area (Å²) in [6.07, 6.45) is 3.56. The van der Waals surface area contributed by atoms with E-state index < -0.39 is 5.82 Å². The highest BCUT2D eigenvalue weighted by Crippen LogP contribution is 2.31.